The van der Waals surface area contributed by atoms with E-state index in [2.05, 4.69) is 45.6 Å². The third-order valence-electron chi connectivity index (χ3n) is 6.44. The molecular formula is C27H34N6O. The first kappa shape index (κ1) is 23.9. The van der Waals surface area contributed by atoms with Gasteiger partial charge < -0.3 is 4.90 Å². The number of carbonyl (C=O) groups is 1. The summed E-state index contributed by atoms with van der Waals surface area (Å²) in [5, 5.41) is 14.6. The lowest BCUT2D eigenvalue weighted by atomic mass is 10.0. The van der Waals surface area contributed by atoms with Gasteiger partial charge in [-0.15, -0.1) is 0 Å². The van der Waals surface area contributed by atoms with Gasteiger partial charge in [-0.05, 0) is 57.4 Å². The highest BCUT2D eigenvalue weighted by Crippen LogP contribution is 2.30. The molecule has 0 unspecified atom stereocenters. The Hall–Kier alpha value is -3.24. The molecule has 1 aliphatic heterocycles. The van der Waals surface area contributed by atoms with Crippen LogP contribution in [0.3, 0.4) is 0 Å². The first-order chi connectivity index (χ1) is 16.1. The highest BCUT2D eigenvalue weighted by Gasteiger charge is 2.29. The fraction of sp³-hybridized carbons (Fsp3) is 0.481. The SMILES string of the molecule is Cc1nn(C(C)(C)C)c2nc(C(C)C)cc(C(=O)N3CCN(Cc4ccc(C#N)cc4)CC3)c12. The molecule has 3 heterocycles. The highest BCUT2D eigenvalue weighted by molar-refractivity contribution is 6.06. The van der Waals surface area contributed by atoms with Crippen molar-refractivity contribution in [1.82, 2.24) is 24.6 Å². The Morgan fingerprint density at radius 1 is 1.12 bits per heavy atom. The van der Waals surface area contributed by atoms with E-state index in [0.717, 1.165) is 42.1 Å². The van der Waals surface area contributed by atoms with Gasteiger partial charge in [-0.3, -0.25) is 9.69 Å². The zero-order chi connectivity index (χ0) is 24.6. The summed E-state index contributed by atoms with van der Waals surface area (Å²) in [4.78, 5) is 23.0. The third-order valence-corrected chi connectivity index (χ3v) is 6.44. The maximum atomic E-state index is 13.7. The number of benzene rings is 1. The molecule has 0 bridgehead atoms. The summed E-state index contributed by atoms with van der Waals surface area (Å²) in [5.74, 6) is 0.271. The third kappa shape index (κ3) is 4.69. The van der Waals surface area contributed by atoms with Crippen LogP contribution in [0.25, 0.3) is 11.0 Å². The maximum absolute atomic E-state index is 13.7. The number of pyridine rings is 1. The van der Waals surface area contributed by atoms with Gasteiger partial charge in [0.15, 0.2) is 5.65 Å². The zero-order valence-electron chi connectivity index (χ0n) is 21.1. The number of aryl methyl sites for hydroxylation is 1. The topological polar surface area (TPSA) is 78.1 Å². The molecule has 0 N–H and O–H groups in total. The molecule has 178 valence electrons. The van der Waals surface area contributed by atoms with Crippen LogP contribution >= 0.6 is 0 Å². The minimum Gasteiger partial charge on any atom is -0.336 e. The summed E-state index contributed by atoms with van der Waals surface area (Å²) in [6.45, 7) is 16.3. The second kappa shape index (κ2) is 9.19. The molecule has 7 nitrogen and oxygen atoms in total. The Morgan fingerprint density at radius 3 is 2.32 bits per heavy atom. The molecule has 4 rings (SSSR count). The van der Waals surface area contributed by atoms with Gasteiger partial charge in [-0.1, -0.05) is 26.0 Å². The summed E-state index contributed by atoms with van der Waals surface area (Å²) >= 11 is 0. The number of nitrogens with zero attached hydrogens (tertiary/aromatic N) is 6. The molecule has 1 fully saturated rings. The van der Waals surface area contributed by atoms with Crippen LogP contribution in [0.15, 0.2) is 30.3 Å². The number of hydrogen-bond donors (Lipinski definition) is 0. The van der Waals surface area contributed by atoms with Gasteiger partial charge in [0.2, 0.25) is 0 Å². The highest BCUT2D eigenvalue weighted by atomic mass is 16.2. The van der Waals surface area contributed by atoms with Crippen LogP contribution in [0.2, 0.25) is 0 Å². The van der Waals surface area contributed by atoms with Crippen LogP contribution in [0, 0.1) is 18.3 Å². The summed E-state index contributed by atoms with van der Waals surface area (Å²) in [6.07, 6.45) is 0. The van der Waals surface area contributed by atoms with E-state index in [1.165, 1.54) is 5.56 Å². The second-order valence-electron chi connectivity index (χ2n) is 10.5. The Balaban J connectivity index is 1.57. The van der Waals surface area contributed by atoms with Gasteiger partial charge >= 0.3 is 0 Å². The van der Waals surface area contributed by atoms with E-state index in [0.29, 0.717) is 24.2 Å². The summed E-state index contributed by atoms with van der Waals surface area (Å²) in [5.41, 5.74) is 4.89. The molecule has 3 aromatic rings. The van der Waals surface area contributed by atoms with E-state index in [1.807, 2.05) is 46.8 Å². The van der Waals surface area contributed by atoms with Gasteiger partial charge in [0.1, 0.15) is 0 Å². The summed E-state index contributed by atoms with van der Waals surface area (Å²) < 4.78 is 1.95. The van der Waals surface area contributed by atoms with Crippen molar-refractivity contribution in [2.45, 2.75) is 59.5 Å². The van der Waals surface area contributed by atoms with Crippen LogP contribution in [-0.4, -0.2) is 56.7 Å². The standard InChI is InChI=1S/C27H34N6O/c1-18(2)23-15-22(24-19(3)30-33(25(24)29-23)27(4,5)6)26(34)32-13-11-31(12-14-32)17-21-9-7-20(16-28)8-10-21/h7-10,15,18H,11-14,17H2,1-6H3. The molecule has 0 atom stereocenters. The number of nitriles is 1. The second-order valence-corrected chi connectivity index (χ2v) is 10.5. The first-order valence-corrected chi connectivity index (χ1v) is 12.0. The first-order valence-electron chi connectivity index (χ1n) is 12.0. The van der Waals surface area contributed by atoms with Crippen molar-refractivity contribution in [3.8, 4) is 6.07 Å². The van der Waals surface area contributed by atoms with Crippen molar-refractivity contribution in [3.05, 3.63) is 58.4 Å². The molecule has 0 aliphatic carbocycles. The van der Waals surface area contributed by atoms with E-state index < -0.39 is 0 Å². The van der Waals surface area contributed by atoms with Gasteiger partial charge in [0, 0.05) is 38.4 Å². The number of fused-ring (bicyclic) bond motifs is 1. The molecule has 2 aromatic heterocycles. The van der Waals surface area contributed by atoms with Crippen LogP contribution in [0.1, 0.15) is 73.4 Å². The summed E-state index contributed by atoms with van der Waals surface area (Å²) in [6, 6.07) is 11.9. The fourth-order valence-corrected chi connectivity index (χ4v) is 4.46. The Bertz CT molecular complexity index is 1240. The van der Waals surface area contributed by atoms with Crippen molar-refractivity contribution in [2.75, 3.05) is 26.2 Å². The van der Waals surface area contributed by atoms with E-state index in [-0.39, 0.29) is 17.4 Å². The molecule has 0 saturated carbocycles. The van der Waals surface area contributed by atoms with E-state index in [4.69, 9.17) is 15.3 Å². The largest absolute Gasteiger partial charge is 0.336 e. The van der Waals surface area contributed by atoms with E-state index >= 15 is 0 Å². The monoisotopic (exact) mass is 458 g/mol. The van der Waals surface area contributed by atoms with Crippen molar-refractivity contribution in [3.63, 3.8) is 0 Å². The van der Waals surface area contributed by atoms with E-state index in [1.54, 1.807) is 0 Å². The van der Waals surface area contributed by atoms with Gasteiger partial charge in [0.05, 0.1) is 33.8 Å². The predicted molar refractivity (Wildman–Crippen MR) is 134 cm³/mol. The average Bonchev–Trinajstić information content (AvgIpc) is 3.16. The van der Waals surface area contributed by atoms with Crippen molar-refractivity contribution in [2.24, 2.45) is 0 Å². The number of rotatable bonds is 4. The predicted octanol–water partition coefficient (Wildman–Crippen LogP) is 4.45. The number of aromatic nitrogens is 3. The van der Waals surface area contributed by atoms with Gasteiger partial charge in [-0.25, -0.2) is 9.67 Å². The number of piperazine rings is 1. The van der Waals surface area contributed by atoms with Gasteiger partial charge in [0.25, 0.3) is 5.91 Å². The lowest BCUT2D eigenvalue weighted by Crippen LogP contribution is -2.48. The minimum atomic E-state index is -0.230. The fourth-order valence-electron chi connectivity index (χ4n) is 4.46. The molecule has 7 heteroatoms. The Morgan fingerprint density at radius 2 is 1.76 bits per heavy atom. The van der Waals surface area contributed by atoms with Crippen molar-refractivity contribution >= 4 is 16.9 Å². The van der Waals surface area contributed by atoms with Crippen LogP contribution in [0.4, 0.5) is 0 Å². The molecule has 1 aromatic carbocycles. The van der Waals surface area contributed by atoms with Crippen LogP contribution < -0.4 is 0 Å². The molecule has 0 radical (unpaired) electrons. The molecule has 0 spiro atoms. The van der Waals surface area contributed by atoms with E-state index in [9.17, 15) is 4.79 Å². The zero-order valence-corrected chi connectivity index (χ0v) is 21.1. The molecule has 1 saturated heterocycles. The van der Waals surface area contributed by atoms with Gasteiger partial charge in [-0.2, -0.15) is 10.4 Å². The lowest BCUT2D eigenvalue weighted by molar-refractivity contribution is 0.0630. The average molecular weight is 459 g/mol. The maximum Gasteiger partial charge on any atom is 0.254 e. The number of hydrogen-bond acceptors (Lipinski definition) is 5. The van der Waals surface area contributed by atoms with Crippen molar-refractivity contribution in [1.29, 1.82) is 5.26 Å². The summed E-state index contributed by atoms with van der Waals surface area (Å²) in [7, 11) is 0. The lowest BCUT2D eigenvalue weighted by Gasteiger charge is -2.35. The molecule has 34 heavy (non-hydrogen) atoms. The number of amides is 1. The molecule has 1 aliphatic rings. The Kier molecular flexibility index (Phi) is 6.46. The quantitative estimate of drug-likeness (QED) is 0.577. The van der Waals surface area contributed by atoms with Crippen LogP contribution in [-0.2, 0) is 12.1 Å². The molecule has 1 amide bonds. The Labute approximate surface area is 202 Å². The smallest absolute Gasteiger partial charge is 0.254 e. The molecular weight excluding hydrogens is 424 g/mol. The number of carbonyl (C=O) groups excluding carboxylic acids is 1. The van der Waals surface area contributed by atoms with Crippen LogP contribution in [0.5, 0.6) is 0 Å². The minimum absolute atomic E-state index is 0.0592. The normalized spacial score (nSPS) is 15.2. The van der Waals surface area contributed by atoms with Crippen molar-refractivity contribution < 1.29 is 4.79 Å².